The van der Waals surface area contributed by atoms with E-state index in [4.69, 9.17) is 5.73 Å². The van der Waals surface area contributed by atoms with Crippen molar-refractivity contribution in [3.63, 3.8) is 0 Å². The SMILES string of the molecule is CC1(C)[C@@H](N)[C@@H]1C1CC=CCC1. The molecule has 0 amide bonds. The predicted octanol–water partition coefficient (Wildman–Crippen LogP) is 2.33. The lowest BCUT2D eigenvalue weighted by Crippen LogP contribution is -2.11. The molecule has 68 valence electrons. The number of hydrogen-bond donors (Lipinski definition) is 1. The first kappa shape index (κ1) is 8.31. The zero-order valence-electron chi connectivity index (χ0n) is 8.09. The van der Waals surface area contributed by atoms with Crippen LogP contribution in [0.3, 0.4) is 0 Å². The van der Waals surface area contributed by atoms with Crippen molar-refractivity contribution >= 4 is 0 Å². The summed E-state index contributed by atoms with van der Waals surface area (Å²) in [6, 6.07) is 0.467. The van der Waals surface area contributed by atoms with E-state index >= 15 is 0 Å². The minimum absolute atomic E-state index is 0.426. The van der Waals surface area contributed by atoms with Crippen LogP contribution in [0, 0.1) is 17.3 Å². The number of nitrogens with two attached hydrogens (primary N) is 1. The van der Waals surface area contributed by atoms with Crippen molar-refractivity contribution in [1.29, 1.82) is 0 Å². The van der Waals surface area contributed by atoms with Crippen LogP contribution in [-0.2, 0) is 0 Å². The molecule has 1 unspecified atom stereocenters. The standard InChI is InChI=1S/C11H19N/c1-11(2)9(10(11)12)8-6-4-3-5-7-8/h3-4,8-10H,5-7,12H2,1-2H3/t8?,9-,10-/m0/s1. The Hall–Kier alpha value is -0.300. The topological polar surface area (TPSA) is 26.0 Å². The Kier molecular flexibility index (Phi) is 1.80. The van der Waals surface area contributed by atoms with Crippen molar-refractivity contribution in [3.05, 3.63) is 12.2 Å². The first-order valence-electron chi connectivity index (χ1n) is 5.04. The fraction of sp³-hybridized carbons (Fsp3) is 0.818. The largest absolute Gasteiger partial charge is 0.327 e. The molecule has 1 saturated carbocycles. The molecule has 0 aromatic heterocycles. The minimum Gasteiger partial charge on any atom is -0.327 e. The highest BCUT2D eigenvalue weighted by molar-refractivity contribution is 5.13. The van der Waals surface area contributed by atoms with Gasteiger partial charge in [0.2, 0.25) is 0 Å². The molecule has 3 atom stereocenters. The Morgan fingerprint density at radius 2 is 2.00 bits per heavy atom. The maximum absolute atomic E-state index is 6.05. The monoisotopic (exact) mass is 165 g/mol. The fourth-order valence-electron chi connectivity index (χ4n) is 2.76. The highest BCUT2D eigenvalue weighted by atomic mass is 14.8. The molecular weight excluding hydrogens is 146 g/mol. The van der Waals surface area contributed by atoms with Gasteiger partial charge in [-0.25, -0.2) is 0 Å². The zero-order valence-corrected chi connectivity index (χ0v) is 8.09. The fourth-order valence-corrected chi connectivity index (χ4v) is 2.76. The summed E-state index contributed by atoms with van der Waals surface area (Å²) >= 11 is 0. The van der Waals surface area contributed by atoms with E-state index in [1.165, 1.54) is 19.3 Å². The molecular formula is C11H19N. The number of hydrogen-bond acceptors (Lipinski definition) is 1. The lowest BCUT2D eigenvalue weighted by Gasteiger charge is -2.18. The molecule has 2 rings (SSSR count). The number of allylic oxidation sites excluding steroid dienone is 2. The Morgan fingerprint density at radius 1 is 1.33 bits per heavy atom. The van der Waals surface area contributed by atoms with E-state index in [2.05, 4.69) is 26.0 Å². The lowest BCUT2D eigenvalue weighted by atomic mass is 9.87. The lowest BCUT2D eigenvalue weighted by molar-refractivity contribution is 0.365. The summed E-state index contributed by atoms with van der Waals surface area (Å²) in [7, 11) is 0. The summed E-state index contributed by atoms with van der Waals surface area (Å²) < 4.78 is 0. The van der Waals surface area contributed by atoms with Gasteiger partial charge in [0.15, 0.2) is 0 Å². The van der Waals surface area contributed by atoms with E-state index in [0.29, 0.717) is 11.5 Å². The van der Waals surface area contributed by atoms with E-state index in [-0.39, 0.29) is 0 Å². The van der Waals surface area contributed by atoms with Gasteiger partial charge in [0.25, 0.3) is 0 Å². The summed E-state index contributed by atoms with van der Waals surface area (Å²) in [5.41, 5.74) is 6.48. The molecule has 0 saturated heterocycles. The molecule has 1 heteroatoms. The normalized spacial score (nSPS) is 44.4. The Bertz CT molecular complexity index is 205. The molecule has 12 heavy (non-hydrogen) atoms. The summed E-state index contributed by atoms with van der Waals surface area (Å²) in [5, 5.41) is 0. The van der Waals surface area contributed by atoms with Crippen molar-refractivity contribution in [3.8, 4) is 0 Å². The van der Waals surface area contributed by atoms with Crippen LogP contribution in [0.25, 0.3) is 0 Å². The molecule has 0 heterocycles. The second kappa shape index (κ2) is 2.59. The highest BCUT2D eigenvalue weighted by Crippen LogP contribution is 2.56. The smallest absolute Gasteiger partial charge is 0.0130 e. The quantitative estimate of drug-likeness (QED) is 0.593. The molecule has 0 bridgehead atoms. The van der Waals surface area contributed by atoms with Crippen molar-refractivity contribution in [2.45, 2.75) is 39.2 Å². The summed E-state index contributed by atoms with van der Waals surface area (Å²) in [6.07, 6.45) is 8.52. The van der Waals surface area contributed by atoms with Crippen molar-refractivity contribution in [2.24, 2.45) is 23.0 Å². The van der Waals surface area contributed by atoms with E-state index in [9.17, 15) is 0 Å². The second-order valence-electron chi connectivity index (χ2n) is 4.92. The molecule has 0 aromatic rings. The van der Waals surface area contributed by atoms with Gasteiger partial charge in [-0.1, -0.05) is 26.0 Å². The Morgan fingerprint density at radius 3 is 2.42 bits per heavy atom. The number of rotatable bonds is 1. The summed E-state index contributed by atoms with van der Waals surface area (Å²) in [4.78, 5) is 0. The van der Waals surface area contributed by atoms with Gasteiger partial charge in [-0.15, -0.1) is 0 Å². The van der Waals surface area contributed by atoms with Crippen LogP contribution in [0.4, 0.5) is 0 Å². The molecule has 2 aliphatic carbocycles. The van der Waals surface area contributed by atoms with Crippen molar-refractivity contribution in [1.82, 2.24) is 0 Å². The van der Waals surface area contributed by atoms with Gasteiger partial charge in [-0.3, -0.25) is 0 Å². The molecule has 0 aromatic carbocycles. The molecule has 1 fully saturated rings. The average Bonchev–Trinajstić information content (AvgIpc) is 2.53. The van der Waals surface area contributed by atoms with Gasteiger partial charge >= 0.3 is 0 Å². The van der Waals surface area contributed by atoms with Crippen molar-refractivity contribution < 1.29 is 0 Å². The molecule has 0 spiro atoms. The van der Waals surface area contributed by atoms with Crippen molar-refractivity contribution in [2.75, 3.05) is 0 Å². The predicted molar refractivity (Wildman–Crippen MR) is 51.7 cm³/mol. The Balaban J connectivity index is 1.99. The van der Waals surface area contributed by atoms with Gasteiger partial charge in [-0.2, -0.15) is 0 Å². The third kappa shape index (κ3) is 1.11. The summed E-state index contributed by atoms with van der Waals surface area (Å²) in [6.45, 7) is 4.61. The third-order valence-electron chi connectivity index (χ3n) is 3.81. The molecule has 1 nitrogen and oxygen atoms in total. The second-order valence-corrected chi connectivity index (χ2v) is 4.92. The van der Waals surface area contributed by atoms with Crippen LogP contribution >= 0.6 is 0 Å². The summed E-state index contributed by atoms with van der Waals surface area (Å²) in [5.74, 6) is 1.67. The van der Waals surface area contributed by atoms with E-state index in [0.717, 1.165) is 11.8 Å². The van der Waals surface area contributed by atoms with Crippen LogP contribution in [0.2, 0.25) is 0 Å². The van der Waals surface area contributed by atoms with Gasteiger partial charge in [0, 0.05) is 6.04 Å². The van der Waals surface area contributed by atoms with Crippen LogP contribution < -0.4 is 5.73 Å². The third-order valence-corrected chi connectivity index (χ3v) is 3.81. The Labute approximate surface area is 75.0 Å². The molecule has 2 N–H and O–H groups in total. The van der Waals surface area contributed by atoms with E-state index < -0.39 is 0 Å². The molecule has 0 radical (unpaired) electrons. The van der Waals surface area contributed by atoms with E-state index in [1.54, 1.807) is 0 Å². The molecule has 0 aliphatic heterocycles. The molecule has 2 aliphatic rings. The first-order valence-corrected chi connectivity index (χ1v) is 5.04. The van der Waals surface area contributed by atoms with Crippen LogP contribution in [0.15, 0.2) is 12.2 Å². The van der Waals surface area contributed by atoms with Gasteiger partial charge in [-0.05, 0) is 36.5 Å². The van der Waals surface area contributed by atoms with Crippen LogP contribution in [-0.4, -0.2) is 6.04 Å². The van der Waals surface area contributed by atoms with Crippen LogP contribution in [0.1, 0.15) is 33.1 Å². The van der Waals surface area contributed by atoms with Crippen LogP contribution in [0.5, 0.6) is 0 Å². The minimum atomic E-state index is 0.426. The maximum Gasteiger partial charge on any atom is 0.0130 e. The average molecular weight is 165 g/mol. The highest BCUT2D eigenvalue weighted by Gasteiger charge is 2.58. The van der Waals surface area contributed by atoms with Gasteiger partial charge in [0.05, 0.1) is 0 Å². The maximum atomic E-state index is 6.05. The van der Waals surface area contributed by atoms with Gasteiger partial charge in [0.1, 0.15) is 0 Å². The van der Waals surface area contributed by atoms with Gasteiger partial charge < -0.3 is 5.73 Å². The first-order chi connectivity index (χ1) is 5.64. The zero-order chi connectivity index (χ0) is 8.77. The van der Waals surface area contributed by atoms with E-state index in [1.807, 2.05) is 0 Å².